The Labute approximate surface area is 129 Å². The lowest BCUT2D eigenvalue weighted by Gasteiger charge is -2.13. The maximum atomic E-state index is 11.2. The Hall–Kier alpha value is -1.63. The number of hydroxylamine groups is 2. The average Bonchev–Trinajstić information content (AvgIpc) is 3.39. The van der Waals surface area contributed by atoms with Gasteiger partial charge in [-0.25, -0.2) is 4.79 Å². The minimum Gasteiger partial charge on any atom is -0.432 e. The van der Waals surface area contributed by atoms with E-state index in [1.165, 1.54) is 12.8 Å². The van der Waals surface area contributed by atoms with E-state index in [0.29, 0.717) is 17.1 Å². The third-order valence-corrected chi connectivity index (χ3v) is 4.30. The summed E-state index contributed by atoms with van der Waals surface area (Å²) < 4.78 is 4.82. The number of aliphatic hydroxyl groups excluding tert-OH is 1. The number of hydrogen-bond donors (Lipinski definition) is 1. The van der Waals surface area contributed by atoms with Crippen molar-refractivity contribution in [3.05, 3.63) is 0 Å². The number of carbonyl (C=O) groups excluding carboxylic acids is 3. The van der Waals surface area contributed by atoms with Crippen molar-refractivity contribution in [1.29, 1.82) is 0 Å². The van der Waals surface area contributed by atoms with Crippen LogP contribution in [0.1, 0.15) is 52.4 Å². The summed E-state index contributed by atoms with van der Waals surface area (Å²) in [5, 5.41) is 8.95. The van der Waals surface area contributed by atoms with Crippen LogP contribution in [0.15, 0.2) is 0 Å². The van der Waals surface area contributed by atoms with Crippen molar-refractivity contribution in [1.82, 2.24) is 5.06 Å². The molecule has 0 spiro atoms. The van der Waals surface area contributed by atoms with Crippen LogP contribution in [-0.2, 0) is 19.2 Å². The van der Waals surface area contributed by atoms with Gasteiger partial charge in [-0.05, 0) is 31.1 Å². The van der Waals surface area contributed by atoms with E-state index in [2.05, 4.69) is 11.8 Å². The first-order valence-corrected chi connectivity index (χ1v) is 7.58. The molecule has 0 radical (unpaired) electrons. The van der Waals surface area contributed by atoms with Crippen LogP contribution < -0.4 is 0 Å². The Morgan fingerprint density at radius 2 is 1.59 bits per heavy atom. The highest BCUT2D eigenvalue weighted by Gasteiger charge is 2.40. The van der Waals surface area contributed by atoms with Gasteiger partial charge in [-0.2, -0.15) is 0 Å². The van der Waals surface area contributed by atoms with E-state index >= 15 is 0 Å². The lowest BCUT2D eigenvalue weighted by atomic mass is 10.2. The van der Waals surface area contributed by atoms with Crippen molar-refractivity contribution in [3.63, 3.8) is 0 Å². The molecular formula is C15H23NO6. The van der Waals surface area contributed by atoms with Crippen molar-refractivity contribution in [2.45, 2.75) is 52.4 Å². The lowest BCUT2D eigenvalue weighted by molar-refractivity contribution is -0.177. The molecule has 1 aliphatic heterocycles. The molecule has 0 aromatic carbocycles. The topological polar surface area (TPSA) is 93.1 Å². The summed E-state index contributed by atoms with van der Waals surface area (Å²) in [6, 6.07) is 0. The fraction of sp³-hybridized carbons (Fsp3) is 0.800. The Morgan fingerprint density at radius 1 is 1.09 bits per heavy atom. The van der Waals surface area contributed by atoms with Crippen LogP contribution in [0, 0.1) is 10.8 Å². The molecule has 0 atom stereocenters. The van der Waals surface area contributed by atoms with Gasteiger partial charge in [0.15, 0.2) is 0 Å². The molecular weight excluding hydrogens is 290 g/mol. The van der Waals surface area contributed by atoms with Gasteiger partial charge in [-0.15, -0.1) is 0 Å². The standard InChI is InChI=1S/C10H13NO5.C5H10O/c1-10(4-5-10)6-15-9(14)16-11-7(12)2-3-8(11)13;1-5(4-6)2-3-5/h2-6H2,1H3;6H,2-4H2,1H3. The fourth-order valence-electron chi connectivity index (χ4n) is 1.72. The summed E-state index contributed by atoms with van der Waals surface area (Å²) in [5.41, 5.74) is 0.401. The predicted molar refractivity (Wildman–Crippen MR) is 75.3 cm³/mol. The quantitative estimate of drug-likeness (QED) is 0.628. The summed E-state index contributed by atoms with van der Waals surface area (Å²) in [5.74, 6) is -1.00. The van der Waals surface area contributed by atoms with Gasteiger partial charge in [0.1, 0.15) is 6.61 Å². The molecule has 0 bridgehead atoms. The Bertz CT molecular complexity index is 451. The van der Waals surface area contributed by atoms with Gasteiger partial charge >= 0.3 is 6.16 Å². The molecule has 2 saturated carbocycles. The molecule has 3 fully saturated rings. The summed E-state index contributed by atoms with van der Waals surface area (Å²) >= 11 is 0. The second kappa shape index (κ2) is 6.24. The third-order valence-electron chi connectivity index (χ3n) is 4.30. The molecule has 124 valence electrons. The monoisotopic (exact) mass is 313 g/mol. The summed E-state index contributed by atoms with van der Waals surface area (Å²) in [4.78, 5) is 37.9. The molecule has 22 heavy (non-hydrogen) atoms. The minimum atomic E-state index is -0.989. The Kier molecular flexibility index (Phi) is 4.75. The summed E-state index contributed by atoms with van der Waals surface area (Å²) in [6.45, 7) is 4.74. The van der Waals surface area contributed by atoms with Crippen molar-refractivity contribution >= 4 is 18.0 Å². The van der Waals surface area contributed by atoms with E-state index in [-0.39, 0.29) is 24.9 Å². The van der Waals surface area contributed by atoms with Gasteiger partial charge in [0.25, 0.3) is 11.8 Å². The summed E-state index contributed by atoms with van der Waals surface area (Å²) in [7, 11) is 0. The van der Waals surface area contributed by atoms with Gasteiger partial charge in [-0.1, -0.05) is 18.9 Å². The minimum absolute atomic E-state index is 0.0536. The van der Waals surface area contributed by atoms with Gasteiger partial charge in [0, 0.05) is 24.9 Å². The van der Waals surface area contributed by atoms with E-state index in [1.807, 2.05) is 6.92 Å². The molecule has 7 nitrogen and oxygen atoms in total. The Morgan fingerprint density at radius 3 is 1.95 bits per heavy atom. The smallest absolute Gasteiger partial charge is 0.432 e. The lowest BCUT2D eigenvalue weighted by Crippen LogP contribution is -2.32. The van der Waals surface area contributed by atoms with E-state index in [4.69, 9.17) is 9.84 Å². The molecule has 0 aromatic heterocycles. The van der Waals surface area contributed by atoms with Crippen LogP contribution in [0.3, 0.4) is 0 Å². The third kappa shape index (κ3) is 4.69. The second-order valence-corrected chi connectivity index (χ2v) is 6.99. The first kappa shape index (κ1) is 16.7. The van der Waals surface area contributed by atoms with E-state index in [9.17, 15) is 14.4 Å². The number of carbonyl (C=O) groups is 3. The average molecular weight is 313 g/mol. The predicted octanol–water partition coefficient (Wildman–Crippen LogP) is 1.78. The number of aliphatic hydroxyl groups is 1. The van der Waals surface area contributed by atoms with E-state index in [1.54, 1.807) is 0 Å². The maximum absolute atomic E-state index is 11.2. The zero-order valence-electron chi connectivity index (χ0n) is 13.1. The van der Waals surface area contributed by atoms with Crippen molar-refractivity contribution in [2.24, 2.45) is 10.8 Å². The first-order valence-electron chi connectivity index (χ1n) is 7.58. The number of rotatable bonds is 4. The highest BCUT2D eigenvalue weighted by Crippen LogP contribution is 2.45. The van der Waals surface area contributed by atoms with Crippen LogP contribution in [0.4, 0.5) is 4.79 Å². The van der Waals surface area contributed by atoms with Crippen LogP contribution in [0.25, 0.3) is 0 Å². The molecule has 0 aromatic rings. The van der Waals surface area contributed by atoms with Crippen molar-refractivity contribution in [3.8, 4) is 0 Å². The number of amides is 2. The fourth-order valence-corrected chi connectivity index (χ4v) is 1.72. The normalized spacial score (nSPS) is 23.5. The summed E-state index contributed by atoms with van der Waals surface area (Å²) in [6.07, 6.45) is 3.67. The molecule has 3 rings (SSSR count). The Balaban J connectivity index is 0.000000246. The van der Waals surface area contributed by atoms with Crippen LogP contribution in [0.2, 0.25) is 0 Å². The number of ether oxygens (including phenoxy) is 1. The molecule has 7 heteroatoms. The van der Waals surface area contributed by atoms with Gasteiger partial charge < -0.3 is 9.84 Å². The zero-order valence-corrected chi connectivity index (χ0v) is 13.1. The van der Waals surface area contributed by atoms with Gasteiger partial charge in [0.2, 0.25) is 0 Å². The molecule has 1 heterocycles. The number of imide groups is 1. The second-order valence-electron chi connectivity index (χ2n) is 6.99. The largest absolute Gasteiger partial charge is 0.533 e. The van der Waals surface area contributed by atoms with Gasteiger partial charge in [0.05, 0.1) is 0 Å². The molecule has 1 N–H and O–H groups in total. The van der Waals surface area contributed by atoms with Crippen molar-refractivity contribution in [2.75, 3.05) is 13.2 Å². The highest BCUT2D eigenvalue weighted by molar-refractivity contribution is 6.01. The van der Waals surface area contributed by atoms with E-state index < -0.39 is 18.0 Å². The first-order chi connectivity index (χ1) is 10.3. The van der Waals surface area contributed by atoms with Crippen LogP contribution in [-0.4, -0.2) is 41.4 Å². The van der Waals surface area contributed by atoms with Gasteiger partial charge in [-0.3, -0.25) is 14.4 Å². The maximum Gasteiger partial charge on any atom is 0.533 e. The zero-order chi connectivity index (χ0) is 16.4. The van der Waals surface area contributed by atoms with Crippen LogP contribution in [0.5, 0.6) is 0 Å². The molecule has 1 saturated heterocycles. The molecule has 0 unspecified atom stereocenters. The number of hydrogen-bond acceptors (Lipinski definition) is 6. The molecule has 3 aliphatic rings. The SMILES string of the molecule is CC1(CO)CC1.CC1(COC(=O)ON2C(=O)CCC2=O)CC1. The number of nitrogens with zero attached hydrogens (tertiary/aromatic N) is 1. The van der Waals surface area contributed by atoms with Crippen molar-refractivity contribution < 1.29 is 29.1 Å². The molecule has 2 aliphatic carbocycles. The highest BCUT2D eigenvalue weighted by atomic mass is 16.8. The molecule has 2 amide bonds. The van der Waals surface area contributed by atoms with Crippen LogP contribution >= 0.6 is 0 Å². The van der Waals surface area contributed by atoms with E-state index in [0.717, 1.165) is 12.8 Å².